The molecule has 0 saturated carbocycles. The first-order valence-electron chi connectivity index (χ1n) is 9.80. The number of methoxy groups -OCH3 is 1. The summed E-state index contributed by atoms with van der Waals surface area (Å²) in [5.74, 6) is 0.165. The van der Waals surface area contributed by atoms with E-state index in [1.54, 1.807) is 30.7 Å². The average Bonchev–Trinajstić information content (AvgIpc) is 3.56. The van der Waals surface area contributed by atoms with Gasteiger partial charge in [0.05, 0.1) is 12.9 Å². The Morgan fingerprint density at radius 1 is 1.09 bits per heavy atom. The minimum Gasteiger partial charge on any atom is -0.378 e. The van der Waals surface area contributed by atoms with Crippen molar-refractivity contribution in [1.29, 1.82) is 0 Å². The molecule has 0 N–H and O–H groups in total. The van der Waals surface area contributed by atoms with Crippen LogP contribution in [0.4, 0.5) is 4.39 Å². The van der Waals surface area contributed by atoms with E-state index in [0.717, 1.165) is 17.7 Å². The fraction of sp³-hybridized carbons (Fsp3) is 0.136. The van der Waals surface area contributed by atoms with Crippen molar-refractivity contribution < 1.29 is 13.7 Å². The lowest BCUT2D eigenvalue weighted by atomic mass is 10.1. The largest absolute Gasteiger partial charge is 0.378 e. The van der Waals surface area contributed by atoms with Crippen molar-refractivity contribution in [2.24, 2.45) is 0 Å². The quantitative estimate of drug-likeness (QED) is 0.389. The van der Waals surface area contributed by atoms with E-state index in [4.69, 9.17) is 9.26 Å². The van der Waals surface area contributed by atoms with Crippen LogP contribution in [0.1, 0.15) is 11.3 Å². The molecule has 2 aromatic carbocycles. The lowest BCUT2D eigenvalue weighted by molar-refractivity contribution is 0.179. The van der Waals surface area contributed by atoms with Crippen molar-refractivity contribution in [3.05, 3.63) is 84.3 Å². The third kappa shape index (κ3) is 3.79. The molecule has 0 unspecified atom stereocenters. The first-order chi connectivity index (χ1) is 15.7. The third-order valence-electron chi connectivity index (χ3n) is 4.89. The standard InChI is InChI=1S/C22H18FN7O2/c1-31-13-19-20(26-28-30(19)18-5-3-2-4-17(18)23)22-25-21(27-32-22)16-8-6-15(7-9-16)12-29-11-10-24-14-29/h2-11,14H,12-13H2,1H3. The van der Waals surface area contributed by atoms with Crippen LogP contribution in [0.5, 0.6) is 0 Å². The Morgan fingerprint density at radius 3 is 2.69 bits per heavy atom. The Bertz CT molecular complexity index is 1330. The van der Waals surface area contributed by atoms with Gasteiger partial charge in [0, 0.05) is 31.6 Å². The molecular weight excluding hydrogens is 413 g/mol. The highest BCUT2D eigenvalue weighted by Crippen LogP contribution is 2.26. The molecular formula is C22H18FN7O2. The zero-order chi connectivity index (χ0) is 21.9. The fourth-order valence-corrected chi connectivity index (χ4v) is 3.34. The molecule has 0 saturated heterocycles. The molecule has 0 fully saturated rings. The van der Waals surface area contributed by atoms with Gasteiger partial charge in [-0.05, 0) is 17.7 Å². The van der Waals surface area contributed by atoms with Crippen LogP contribution < -0.4 is 0 Å². The van der Waals surface area contributed by atoms with Crippen molar-refractivity contribution in [1.82, 2.24) is 34.7 Å². The number of ether oxygens (including phenoxy) is 1. The maximum absolute atomic E-state index is 14.3. The molecule has 0 aliphatic heterocycles. The summed E-state index contributed by atoms with van der Waals surface area (Å²) in [6, 6.07) is 14.1. The minimum atomic E-state index is -0.427. The van der Waals surface area contributed by atoms with Crippen LogP contribution in [0.2, 0.25) is 0 Å². The number of nitrogens with zero attached hydrogens (tertiary/aromatic N) is 7. The molecule has 3 heterocycles. The van der Waals surface area contributed by atoms with E-state index in [-0.39, 0.29) is 18.2 Å². The molecule has 160 valence electrons. The predicted octanol–water partition coefficient (Wildman–Crippen LogP) is 3.51. The topological polar surface area (TPSA) is 96.7 Å². The molecule has 0 radical (unpaired) electrons. The summed E-state index contributed by atoms with van der Waals surface area (Å²) in [5.41, 5.74) is 3.01. The first kappa shape index (κ1) is 19.8. The van der Waals surface area contributed by atoms with Gasteiger partial charge in [-0.3, -0.25) is 0 Å². The van der Waals surface area contributed by atoms with Crippen molar-refractivity contribution in [3.63, 3.8) is 0 Å². The van der Waals surface area contributed by atoms with Gasteiger partial charge in [0.25, 0.3) is 5.89 Å². The summed E-state index contributed by atoms with van der Waals surface area (Å²) < 4.78 is 28.4. The molecule has 32 heavy (non-hydrogen) atoms. The molecule has 3 aromatic heterocycles. The summed E-state index contributed by atoms with van der Waals surface area (Å²) in [5, 5.41) is 12.3. The number of hydrogen-bond acceptors (Lipinski definition) is 7. The zero-order valence-corrected chi connectivity index (χ0v) is 17.1. The molecule has 9 nitrogen and oxygen atoms in total. The molecule has 5 aromatic rings. The molecule has 0 bridgehead atoms. The van der Waals surface area contributed by atoms with E-state index in [1.807, 2.05) is 35.0 Å². The molecule has 5 rings (SSSR count). The van der Waals surface area contributed by atoms with E-state index in [2.05, 4.69) is 25.4 Å². The van der Waals surface area contributed by atoms with E-state index < -0.39 is 5.82 Å². The Balaban J connectivity index is 1.44. The summed E-state index contributed by atoms with van der Waals surface area (Å²) in [6.45, 7) is 0.856. The maximum Gasteiger partial charge on any atom is 0.280 e. The summed E-state index contributed by atoms with van der Waals surface area (Å²) in [6.07, 6.45) is 5.42. The van der Waals surface area contributed by atoms with Gasteiger partial charge in [-0.2, -0.15) is 4.98 Å². The van der Waals surface area contributed by atoms with Gasteiger partial charge in [-0.15, -0.1) is 5.10 Å². The number of rotatable bonds is 7. The lowest BCUT2D eigenvalue weighted by Gasteiger charge is -2.06. The number of imidazole rings is 1. The van der Waals surface area contributed by atoms with Crippen LogP contribution in [-0.2, 0) is 17.9 Å². The van der Waals surface area contributed by atoms with Crippen LogP contribution >= 0.6 is 0 Å². The normalized spacial score (nSPS) is 11.2. The van der Waals surface area contributed by atoms with Crippen LogP contribution in [0, 0.1) is 5.82 Å². The Hall–Kier alpha value is -4.18. The predicted molar refractivity (Wildman–Crippen MR) is 112 cm³/mol. The lowest BCUT2D eigenvalue weighted by Crippen LogP contribution is -2.06. The molecule has 0 atom stereocenters. The summed E-state index contributed by atoms with van der Waals surface area (Å²) in [4.78, 5) is 8.52. The van der Waals surface area contributed by atoms with E-state index in [0.29, 0.717) is 17.2 Å². The van der Waals surface area contributed by atoms with Crippen molar-refractivity contribution in [2.75, 3.05) is 7.11 Å². The highest BCUT2D eigenvalue weighted by molar-refractivity contribution is 5.59. The minimum absolute atomic E-state index is 0.136. The van der Waals surface area contributed by atoms with E-state index in [9.17, 15) is 4.39 Å². The number of para-hydroxylation sites is 1. The highest BCUT2D eigenvalue weighted by atomic mass is 19.1. The number of aromatic nitrogens is 7. The highest BCUT2D eigenvalue weighted by Gasteiger charge is 2.22. The zero-order valence-electron chi connectivity index (χ0n) is 17.1. The third-order valence-corrected chi connectivity index (χ3v) is 4.89. The van der Waals surface area contributed by atoms with Crippen LogP contribution in [0.3, 0.4) is 0 Å². The summed E-state index contributed by atoms with van der Waals surface area (Å²) >= 11 is 0. The second-order valence-electron chi connectivity index (χ2n) is 7.04. The van der Waals surface area contributed by atoms with Gasteiger partial charge in [-0.25, -0.2) is 14.1 Å². The molecule has 0 aliphatic carbocycles. The Kier molecular flexibility index (Phi) is 5.26. The van der Waals surface area contributed by atoms with Crippen LogP contribution in [0.15, 0.2) is 71.8 Å². The number of halogens is 1. The van der Waals surface area contributed by atoms with Gasteiger partial charge in [0.2, 0.25) is 5.82 Å². The molecule has 0 aliphatic rings. The van der Waals surface area contributed by atoms with Gasteiger partial charge in [0.1, 0.15) is 17.2 Å². The van der Waals surface area contributed by atoms with Crippen molar-refractivity contribution >= 4 is 0 Å². The second kappa shape index (κ2) is 8.52. The van der Waals surface area contributed by atoms with Gasteiger partial charge >= 0.3 is 0 Å². The molecule has 0 spiro atoms. The monoisotopic (exact) mass is 431 g/mol. The smallest absolute Gasteiger partial charge is 0.280 e. The first-order valence-corrected chi connectivity index (χ1v) is 9.80. The van der Waals surface area contributed by atoms with E-state index in [1.165, 1.54) is 17.9 Å². The Labute approximate surface area is 182 Å². The maximum atomic E-state index is 14.3. The summed E-state index contributed by atoms with van der Waals surface area (Å²) in [7, 11) is 1.53. The van der Waals surface area contributed by atoms with E-state index >= 15 is 0 Å². The SMILES string of the molecule is COCc1c(-c2nc(-c3ccc(Cn4ccnc4)cc3)no2)nnn1-c1ccccc1F. The Morgan fingerprint density at radius 2 is 1.94 bits per heavy atom. The number of benzene rings is 2. The van der Waals surface area contributed by atoms with Crippen molar-refractivity contribution in [2.45, 2.75) is 13.2 Å². The van der Waals surface area contributed by atoms with Gasteiger partial charge in [-0.1, -0.05) is 46.8 Å². The average molecular weight is 431 g/mol. The van der Waals surface area contributed by atoms with Crippen LogP contribution in [-0.4, -0.2) is 41.8 Å². The van der Waals surface area contributed by atoms with Crippen molar-refractivity contribution in [3.8, 4) is 28.7 Å². The van der Waals surface area contributed by atoms with Gasteiger partial charge in [0.15, 0.2) is 5.69 Å². The second-order valence-corrected chi connectivity index (χ2v) is 7.04. The number of hydrogen-bond donors (Lipinski definition) is 0. The molecule has 0 amide bonds. The van der Waals surface area contributed by atoms with Gasteiger partial charge < -0.3 is 13.8 Å². The van der Waals surface area contributed by atoms with Crippen LogP contribution in [0.25, 0.3) is 28.7 Å². The fourth-order valence-electron chi connectivity index (χ4n) is 3.34. The molecule has 10 heteroatoms.